The van der Waals surface area contributed by atoms with Crippen LogP contribution in [-0.2, 0) is 16.7 Å². The smallest absolute Gasteiger partial charge is 0.166 e. The number of rotatable bonds is 4. The van der Waals surface area contributed by atoms with Crippen LogP contribution in [-0.4, -0.2) is 80.2 Å². The van der Waals surface area contributed by atoms with Crippen LogP contribution in [0.15, 0.2) is 22.7 Å². The Labute approximate surface area is 180 Å². The van der Waals surface area contributed by atoms with Gasteiger partial charge in [-0.25, -0.2) is 0 Å². The molecule has 1 fully saturated rings. The lowest BCUT2D eigenvalue weighted by Crippen LogP contribution is -2.44. The van der Waals surface area contributed by atoms with E-state index in [9.17, 15) is 5.11 Å². The van der Waals surface area contributed by atoms with Gasteiger partial charge >= 0.3 is 0 Å². The molecular weight excluding hydrogens is 436 g/mol. The molecule has 0 bridgehead atoms. The molecule has 3 aliphatic heterocycles. The molecule has 7 heteroatoms. The van der Waals surface area contributed by atoms with Gasteiger partial charge in [-0.15, -0.1) is 0 Å². The zero-order valence-corrected chi connectivity index (χ0v) is 18.5. The van der Waals surface area contributed by atoms with Crippen molar-refractivity contribution >= 4 is 15.9 Å². The Morgan fingerprint density at radius 2 is 2.03 bits per heavy atom. The molecule has 4 aliphatic rings. The van der Waals surface area contributed by atoms with Gasteiger partial charge < -0.3 is 19.3 Å². The molecule has 6 nitrogen and oxygen atoms in total. The summed E-state index contributed by atoms with van der Waals surface area (Å²) in [6.45, 7) is 7.74. The van der Waals surface area contributed by atoms with Gasteiger partial charge in [0.15, 0.2) is 11.5 Å². The topological polar surface area (TPSA) is 54.4 Å². The lowest BCUT2D eigenvalue weighted by Gasteiger charge is -2.36. The van der Waals surface area contributed by atoms with Crippen molar-refractivity contribution in [2.45, 2.75) is 37.0 Å². The van der Waals surface area contributed by atoms with Gasteiger partial charge in [0, 0.05) is 49.2 Å². The van der Waals surface area contributed by atoms with Crippen molar-refractivity contribution in [3.63, 3.8) is 0 Å². The molecule has 1 aliphatic carbocycles. The van der Waals surface area contributed by atoms with E-state index >= 15 is 0 Å². The van der Waals surface area contributed by atoms with Crippen molar-refractivity contribution in [2.24, 2.45) is 0 Å². The molecule has 29 heavy (non-hydrogen) atoms. The zero-order chi connectivity index (χ0) is 20.0. The average molecular weight is 465 g/mol. The number of aliphatic hydroxyl groups excluding tert-OH is 1. The molecule has 3 heterocycles. The highest BCUT2D eigenvalue weighted by molar-refractivity contribution is 9.10. The van der Waals surface area contributed by atoms with Crippen LogP contribution in [0.1, 0.15) is 24.0 Å². The van der Waals surface area contributed by atoms with Crippen LogP contribution in [0, 0.1) is 0 Å². The fourth-order valence-corrected chi connectivity index (χ4v) is 5.85. The average Bonchev–Trinajstić information content (AvgIpc) is 2.96. The molecule has 1 aromatic rings. The SMILES string of the molecule is COc1cc(Br)c2c3c1OC1C[C@@H](O)C=C[C@@]31CCN(CCN1CCOCC1)C2. The van der Waals surface area contributed by atoms with Gasteiger partial charge in [0.05, 0.1) is 31.8 Å². The number of hydrogen-bond donors (Lipinski definition) is 1. The van der Waals surface area contributed by atoms with E-state index in [2.05, 4.69) is 31.8 Å². The summed E-state index contributed by atoms with van der Waals surface area (Å²) in [6, 6.07) is 2.03. The van der Waals surface area contributed by atoms with Crippen molar-refractivity contribution in [3.8, 4) is 11.5 Å². The number of aliphatic hydroxyl groups is 1. The second-order valence-electron chi connectivity index (χ2n) is 8.53. The number of hydrogen-bond acceptors (Lipinski definition) is 6. The predicted molar refractivity (Wildman–Crippen MR) is 114 cm³/mol. The van der Waals surface area contributed by atoms with Crippen LogP contribution < -0.4 is 9.47 Å². The zero-order valence-electron chi connectivity index (χ0n) is 16.9. The molecule has 0 saturated carbocycles. The number of benzene rings is 1. The maximum absolute atomic E-state index is 10.2. The minimum atomic E-state index is -0.446. The Morgan fingerprint density at radius 3 is 2.83 bits per heavy atom. The molecule has 0 aromatic heterocycles. The van der Waals surface area contributed by atoms with Gasteiger partial charge in [0.1, 0.15) is 6.10 Å². The van der Waals surface area contributed by atoms with Crippen LogP contribution in [0.5, 0.6) is 11.5 Å². The molecule has 5 rings (SSSR count). The highest BCUT2D eigenvalue weighted by Gasteiger charge is 2.53. The van der Waals surface area contributed by atoms with Gasteiger partial charge in [-0.2, -0.15) is 0 Å². The molecule has 158 valence electrons. The van der Waals surface area contributed by atoms with E-state index in [1.54, 1.807) is 7.11 Å². The molecule has 0 radical (unpaired) electrons. The highest BCUT2D eigenvalue weighted by Crippen LogP contribution is 2.57. The maximum Gasteiger partial charge on any atom is 0.166 e. The van der Waals surface area contributed by atoms with Gasteiger partial charge in [-0.05, 0) is 24.6 Å². The minimum absolute atomic E-state index is 0.0429. The van der Waals surface area contributed by atoms with Crippen LogP contribution in [0.4, 0.5) is 0 Å². The molecule has 1 unspecified atom stereocenters. The van der Waals surface area contributed by atoms with Gasteiger partial charge in [0.2, 0.25) is 0 Å². The van der Waals surface area contributed by atoms with Crippen molar-refractivity contribution in [3.05, 3.63) is 33.8 Å². The third-order valence-corrected chi connectivity index (χ3v) is 7.66. The van der Waals surface area contributed by atoms with Crippen molar-refractivity contribution < 1.29 is 19.3 Å². The summed E-state index contributed by atoms with van der Waals surface area (Å²) in [5, 5.41) is 10.2. The van der Waals surface area contributed by atoms with Crippen LogP contribution in [0.2, 0.25) is 0 Å². The first kappa shape index (κ1) is 19.8. The van der Waals surface area contributed by atoms with E-state index in [4.69, 9.17) is 14.2 Å². The van der Waals surface area contributed by atoms with Gasteiger partial charge in [-0.3, -0.25) is 9.80 Å². The number of morpholine rings is 1. The molecule has 1 saturated heterocycles. The number of ether oxygens (including phenoxy) is 3. The lowest BCUT2D eigenvalue weighted by molar-refractivity contribution is 0.0322. The summed E-state index contributed by atoms with van der Waals surface area (Å²) >= 11 is 3.82. The molecule has 1 spiro atoms. The van der Waals surface area contributed by atoms with E-state index in [1.165, 1.54) is 11.1 Å². The van der Waals surface area contributed by atoms with Crippen molar-refractivity contribution in [1.82, 2.24) is 9.80 Å². The summed E-state index contributed by atoms with van der Waals surface area (Å²) in [7, 11) is 1.69. The Morgan fingerprint density at radius 1 is 1.24 bits per heavy atom. The fraction of sp³-hybridized carbons (Fsp3) is 0.636. The third-order valence-electron chi connectivity index (χ3n) is 6.95. The summed E-state index contributed by atoms with van der Waals surface area (Å²) in [5.74, 6) is 1.64. The largest absolute Gasteiger partial charge is 0.493 e. The molecule has 1 aromatic carbocycles. The molecule has 1 N–H and O–H groups in total. The molecular formula is C22H29BrN2O4. The number of nitrogens with zero attached hydrogens (tertiary/aromatic N) is 2. The highest BCUT2D eigenvalue weighted by atomic mass is 79.9. The number of halogens is 1. The second-order valence-corrected chi connectivity index (χ2v) is 9.39. The van der Waals surface area contributed by atoms with E-state index in [0.717, 1.165) is 74.9 Å². The summed E-state index contributed by atoms with van der Waals surface area (Å²) in [6.07, 6.45) is 5.29. The normalized spacial score (nSPS) is 31.7. The third kappa shape index (κ3) is 3.41. The van der Waals surface area contributed by atoms with E-state index in [-0.39, 0.29) is 11.5 Å². The lowest BCUT2D eigenvalue weighted by atomic mass is 9.69. The van der Waals surface area contributed by atoms with E-state index in [0.29, 0.717) is 6.42 Å². The Kier molecular flexibility index (Phi) is 5.37. The van der Waals surface area contributed by atoms with Gasteiger partial charge in [0.25, 0.3) is 0 Å². The van der Waals surface area contributed by atoms with E-state index < -0.39 is 6.10 Å². The van der Waals surface area contributed by atoms with Gasteiger partial charge in [-0.1, -0.05) is 28.1 Å². The first-order valence-corrected chi connectivity index (χ1v) is 11.4. The summed E-state index contributed by atoms with van der Waals surface area (Å²) in [4.78, 5) is 5.06. The van der Waals surface area contributed by atoms with Crippen LogP contribution in [0.3, 0.4) is 0 Å². The van der Waals surface area contributed by atoms with Crippen LogP contribution in [0.25, 0.3) is 0 Å². The standard InChI is InChI=1S/C22H29BrN2O4/c1-27-18-13-17(23)16-14-25(7-6-24-8-10-28-11-9-24)5-4-22-3-2-15(26)12-19(22)29-21(18)20(16)22/h2-3,13,15,19,26H,4-12,14H2,1H3/t15-,19?,22-/m0/s1. The Bertz CT molecular complexity index is 810. The monoisotopic (exact) mass is 464 g/mol. The first-order valence-electron chi connectivity index (χ1n) is 10.6. The number of methoxy groups -OCH3 is 1. The quantitative estimate of drug-likeness (QED) is 0.690. The summed E-state index contributed by atoms with van der Waals surface area (Å²) in [5.41, 5.74) is 2.36. The van der Waals surface area contributed by atoms with Crippen molar-refractivity contribution in [1.29, 1.82) is 0 Å². The molecule has 3 atom stereocenters. The second kappa shape index (κ2) is 7.85. The van der Waals surface area contributed by atoms with Crippen LogP contribution >= 0.6 is 15.9 Å². The predicted octanol–water partition coefficient (Wildman–Crippen LogP) is 2.32. The van der Waals surface area contributed by atoms with Crippen molar-refractivity contribution in [2.75, 3.05) is 53.0 Å². The molecule has 0 amide bonds. The Balaban J connectivity index is 1.48. The van der Waals surface area contributed by atoms with E-state index in [1.807, 2.05) is 12.1 Å². The fourth-order valence-electron chi connectivity index (χ4n) is 5.31. The first-order chi connectivity index (χ1) is 14.1. The summed E-state index contributed by atoms with van der Waals surface area (Å²) < 4.78 is 18.6. The maximum atomic E-state index is 10.2. The minimum Gasteiger partial charge on any atom is -0.493 e. The Hall–Kier alpha value is -1.12.